The minimum absolute atomic E-state index is 0.0721. The first-order chi connectivity index (χ1) is 16.4. The van der Waals surface area contributed by atoms with Crippen molar-refractivity contribution in [1.29, 1.82) is 0 Å². The largest absolute Gasteiger partial charge is 0.496 e. The summed E-state index contributed by atoms with van der Waals surface area (Å²) in [6.07, 6.45) is 3.71. The van der Waals surface area contributed by atoms with Gasteiger partial charge in [0.1, 0.15) is 18.1 Å². The summed E-state index contributed by atoms with van der Waals surface area (Å²) in [7, 11) is 1.65. The Morgan fingerprint density at radius 1 is 1.38 bits per heavy atom. The number of aliphatic hydroxyl groups excluding tert-OH is 1. The van der Waals surface area contributed by atoms with Gasteiger partial charge < -0.3 is 19.5 Å². The van der Waals surface area contributed by atoms with E-state index in [1.807, 2.05) is 54.4 Å². The van der Waals surface area contributed by atoms with Gasteiger partial charge in [0.15, 0.2) is 5.69 Å². The van der Waals surface area contributed by atoms with Crippen molar-refractivity contribution in [3.05, 3.63) is 51.4 Å². The van der Waals surface area contributed by atoms with Crippen molar-refractivity contribution in [2.45, 2.75) is 45.8 Å². The number of nitrogens with zero attached hydrogens (tertiary/aromatic N) is 3. The number of amides is 1. The monoisotopic (exact) mass is 479 g/mol. The molecule has 1 atom stereocenters. The molecule has 1 N–H and O–H groups in total. The summed E-state index contributed by atoms with van der Waals surface area (Å²) >= 11 is 1.58. The Bertz CT molecular complexity index is 1270. The molecule has 2 aliphatic heterocycles. The molecule has 0 aliphatic carbocycles. The summed E-state index contributed by atoms with van der Waals surface area (Å²) in [5.74, 6) is 1.27. The maximum absolute atomic E-state index is 13.8. The third kappa shape index (κ3) is 3.61. The van der Waals surface area contributed by atoms with Crippen LogP contribution in [0.2, 0.25) is 0 Å². The normalized spacial score (nSPS) is 18.8. The molecule has 1 aromatic carbocycles. The molecule has 0 saturated carbocycles. The molecule has 0 radical (unpaired) electrons. The number of aromatic nitrogens is 2. The molecular formula is C26H29N3O4S. The second-order valence-electron chi connectivity index (χ2n) is 9.39. The lowest BCUT2D eigenvalue weighted by molar-refractivity contribution is 0.0464. The molecule has 0 spiro atoms. The van der Waals surface area contributed by atoms with Gasteiger partial charge in [-0.2, -0.15) is 16.4 Å². The van der Waals surface area contributed by atoms with Gasteiger partial charge in [0.05, 0.1) is 30.6 Å². The van der Waals surface area contributed by atoms with Gasteiger partial charge in [-0.05, 0) is 51.1 Å². The maximum atomic E-state index is 13.8. The van der Waals surface area contributed by atoms with Gasteiger partial charge >= 0.3 is 0 Å². The van der Waals surface area contributed by atoms with E-state index in [0.717, 1.165) is 52.2 Å². The molecule has 5 rings (SSSR count). The fourth-order valence-corrected chi connectivity index (χ4v) is 5.51. The van der Waals surface area contributed by atoms with Crippen LogP contribution in [0.1, 0.15) is 55.2 Å². The number of carbonyl (C=O) groups excluding carboxylic acids is 1. The zero-order chi connectivity index (χ0) is 24.0. The van der Waals surface area contributed by atoms with Crippen LogP contribution in [0.3, 0.4) is 0 Å². The highest BCUT2D eigenvalue weighted by Gasteiger charge is 2.42. The molecule has 178 valence electrons. The van der Waals surface area contributed by atoms with Crippen molar-refractivity contribution in [1.82, 2.24) is 14.7 Å². The van der Waals surface area contributed by atoms with E-state index in [0.29, 0.717) is 18.0 Å². The summed E-state index contributed by atoms with van der Waals surface area (Å²) in [6, 6.07) is 5.95. The van der Waals surface area contributed by atoms with E-state index in [1.165, 1.54) is 0 Å². The second-order valence-corrected chi connectivity index (χ2v) is 10.2. The van der Waals surface area contributed by atoms with Gasteiger partial charge in [0.25, 0.3) is 5.91 Å². The van der Waals surface area contributed by atoms with Crippen LogP contribution < -0.4 is 9.47 Å². The van der Waals surface area contributed by atoms with Crippen molar-refractivity contribution < 1.29 is 19.4 Å². The first kappa shape index (κ1) is 22.7. The number of rotatable bonds is 5. The van der Waals surface area contributed by atoms with Crippen LogP contribution in [0.15, 0.2) is 34.5 Å². The van der Waals surface area contributed by atoms with Crippen LogP contribution in [0, 0.1) is 0 Å². The predicted molar refractivity (Wildman–Crippen MR) is 133 cm³/mol. The minimum atomic E-state index is -0.576. The molecule has 0 bridgehead atoms. The third-order valence-electron chi connectivity index (χ3n) is 6.67. The average Bonchev–Trinajstić information content (AvgIpc) is 3.56. The Labute approximate surface area is 203 Å². The van der Waals surface area contributed by atoms with Crippen molar-refractivity contribution in [3.8, 4) is 28.4 Å². The average molecular weight is 480 g/mol. The number of hydrogen-bond donors (Lipinski definition) is 1. The number of likely N-dealkylation sites (tertiary alicyclic amines) is 1. The first-order valence-electron chi connectivity index (χ1n) is 11.4. The van der Waals surface area contributed by atoms with Crippen molar-refractivity contribution in [2.75, 3.05) is 20.3 Å². The minimum Gasteiger partial charge on any atom is -0.496 e. The quantitative estimate of drug-likeness (QED) is 0.563. The van der Waals surface area contributed by atoms with Crippen molar-refractivity contribution in [2.24, 2.45) is 0 Å². The third-order valence-corrected chi connectivity index (χ3v) is 7.35. The molecule has 7 nitrogen and oxygen atoms in total. The van der Waals surface area contributed by atoms with E-state index in [9.17, 15) is 9.90 Å². The summed E-state index contributed by atoms with van der Waals surface area (Å²) in [5, 5.41) is 18.9. The number of methoxy groups -OCH3 is 1. The van der Waals surface area contributed by atoms with Gasteiger partial charge in [-0.25, -0.2) is 4.68 Å². The van der Waals surface area contributed by atoms with Gasteiger partial charge in [-0.1, -0.05) is 11.6 Å². The molecule has 1 saturated heterocycles. The van der Waals surface area contributed by atoms with E-state index >= 15 is 0 Å². The number of aliphatic hydroxyl groups is 1. The number of fused-ring (bicyclic) bond motifs is 3. The van der Waals surface area contributed by atoms with E-state index in [-0.39, 0.29) is 19.1 Å². The fourth-order valence-electron chi connectivity index (χ4n) is 4.89. The fraction of sp³-hybridized carbons (Fsp3) is 0.385. The Morgan fingerprint density at radius 2 is 2.21 bits per heavy atom. The molecule has 2 aromatic heterocycles. The molecule has 4 heterocycles. The second kappa shape index (κ2) is 8.60. The van der Waals surface area contributed by atoms with Crippen LogP contribution in [0.4, 0.5) is 0 Å². The van der Waals surface area contributed by atoms with Crippen LogP contribution >= 0.6 is 11.3 Å². The van der Waals surface area contributed by atoms with Crippen LogP contribution in [-0.4, -0.2) is 51.5 Å². The lowest BCUT2D eigenvalue weighted by Gasteiger charge is -2.33. The van der Waals surface area contributed by atoms with Crippen molar-refractivity contribution in [3.63, 3.8) is 0 Å². The SMILES string of the molecule is COc1cc2c(cc1C=C(C)C)-c1c(c(C(=O)N3CCCC3(C)CO)nn1-c1ccsc1)CO2. The lowest BCUT2D eigenvalue weighted by Crippen LogP contribution is -2.48. The Balaban J connectivity index is 1.71. The maximum Gasteiger partial charge on any atom is 0.275 e. The number of benzene rings is 1. The molecular weight excluding hydrogens is 450 g/mol. The topological polar surface area (TPSA) is 76.8 Å². The molecule has 34 heavy (non-hydrogen) atoms. The van der Waals surface area contributed by atoms with Gasteiger partial charge in [0, 0.05) is 34.7 Å². The van der Waals surface area contributed by atoms with Crippen LogP contribution in [-0.2, 0) is 6.61 Å². The highest BCUT2D eigenvalue weighted by atomic mass is 32.1. The lowest BCUT2D eigenvalue weighted by atomic mass is 9.97. The number of allylic oxidation sites excluding steroid dienone is 1. The summed E-state index contributed by atoms with van der Waals surface area (Å²) in [5.41, 5.74) is 5.30. The van der Waals surface area contributed by atoms with E-state index in [1.54, 1.807) is 23.3 Å². The highest BCUT2D eigenvalue weighted by Crippen LogP contribution is 2.44. The molecule has 1 unspecified atom stereocenters. The van der Waals surface area contributed by atoms with E-state index in [2.05, 4.69) is 6.08 Å². The standard InChI is InChI=1S/C26H29N3O4S/c1-16(2)10-17-11-19-22(12-21(17)32-4)33-13-20-23(25(31)28-8-5-7-26(28,3)15-30)27-29(24(19)20)18-6-9-34-14-18/h6,9-12,14,30H,5,7-8,13,15H2,1-4H3. The zero-order valence-corrected chi connectivity index (χ0v) is 20.7. The molecule has 8 heteroatoms. The van der Waals surface area contributed by atoms with Crippen molar-refractivity contribution >= 4 is 23.3 Å². The first-order valence-corrected chi connectivity index (χ1v) is 12.4. The number of carbonyl (C=O) groups is 1. The molecule has 1 amide bonds. The zero-order valence-electron chi connectivity index (χ0n) is 19.9. The predicted octanol–water partition coefficient (Wildman–Crippen LogP) is 4.91. The van der Waals surface area contributed by atoms with Gasteiger partial charge in [-0.3, -0.25) is 4.79 Å². The van der Waals surface area contributed by atoms with Crippen LogP contribution in [0.5, 0.6) is 11.5 Å². The van der Waals surface area contributed by atoms with Gasteiger partial charge in [0.2, 0.25) is 0 Å². The molecule has 1 fully saturated rings. The number of thiophene rings is 1. The van der Waals surface area contributed by atoms with E-state index in [4.69, 9.17) is 14.6 Å². The van der Waals surface area contributed by atoms with Crippen LogP contribution in [0.25, 0.3) is 23.0 Å². The molecule has 2 aliphatic rings. The summed E-state index contributed by atoms with van der Waals surface area (Å²) in [6.45, 7) is 6.79. The van der Waals surface area contributed by atoms with E-state index < -0.39 is 5.54 Å². The summed E-state index contributed by atoms with van der Waals surface area (Å²) < 4.78 is 13.6. The Hall–Kier alpha value is -3.10. The smallest absolute Gasteiger partial charge is 0.275 e. The Kier molecular flexibility index (Phi) is 5.73. The van der Waals surface area contributed by atoms with Gasteiger partial charge in [-0.15, -0.1) is 0 Å². The number of hydrogen-bond acceptors (Lipinski definition) is 6. The Morgan fingerprint density at radius 3 is 2.88 bits per heavy atom. The summed E-state index contributed by atoms with van der Waals surface area (Å²) in [4.78, 5) is 15.5. The molecule has 3 aromatic rings. The number of ether oxygens (including phenoxy) is 2. The highest BCUT2D eigenvalue weighted by molar-refractivity contribution is 7.08.